The number of nitrogens with one attached hydrogen (secondary N) is 4. The third-order valence-corrected chi connectivity index (χ3v) is 4.82. The van der Waals surface area contributed by atoms with E-state index in [2.05, 4.69) is 62.5 Å². The van der Waals surface area contributed by atoms with Gasteiger partial charge in [-0.1, -0.05) is 20.8 Å². The van der Waals surface area contributed by atoms with Crippen molar-refractivity contribution in [3.63, 3.8) is 0 Å². The van der Waals surface area contributed by atoms with E-state index in [4.69, 9.17) is 0 Å². The molecule has 0 aliphatic carbocycles. The van der Waals surface area contributed by atoms with Crippen LogP contribution in [0.2, 0.25) is 0 Å². The molecule has 116 valence electrons. The van der Waals surface area contributed by atoms with Crippen molar-refractivity contribution in [2.45, 2.75) is 84.7 Å². The third-order valence-electron chi connectivity index (χ3n) is 3.97. The zero-order valence-electron chi connectivity index (χ0n) is 14.1. The average molecular weight is 289 g/mol. The molecule has 0 saturated heterocycles. The van der Waals surface area contributed by atoms with Gasteiger partial charge in [0, 0.05) is 24.7 Å². The second-order valence-electron chi connectivity index (χ2n) is 5.75. The summed E-state index contributed by atoms with van der Waals surface area (Å²) in [6, 6.07) is 1.54. The Morgan fingerprint density at radius 1 is 0.842 bits per heavy atom. The van der Waals surface area contributed by atoms with Crippen LogP contribution < -0.4 is 20.9 Å². The molecule has 0 amide bonds. The molecule has 5 heteroatoms. The summed E-state index contributed by atoms with van der Waals surface area (Å²) >= 11 is 0. The summed E-state index contributed by atoms with van der Waals surface area (Å²) < 4.78 is 0. The van der Waals surface area contributed by atoms with E-state index in [0.717, 1.165) is 36.2 Å². The van der Waals surface area contributed by atoms with E-state index in [1.165, 1.54) is 0 Å². The number of hydrogen-bond donors (Lipinski definition) is 4. The minimum absolute atomic E-state index is 0.180. The monoisotopic (exact) mass is 288 g/mol. The second-order valence-corrected chi connectivity index (χ2v) is 6.25. The van der Waals surface area contributed by atoms with Crippen molar-refractivity contribution in [2.24, 2.45) is 0 Å². The Morgan fingerprint density at radius 2 is 1.26 bits per heavy atom. The van der Waals surface area contributed by atoms with Crippen LogP contribution >= 0.6 is 0 Å². The maximum Gasteiger partial charge on any atom is 0.130 e. The topological polar surface area (TPSA) is 48.1 Å². The van der Waals surface area contributed by atoms with Crippen LogP contribution in [0.15, 0.2) is 0 Å². The lowest BCUT2D eigenvalue weighted by molar-refractivity contribution is 0.179. The van der Waals surface area contributed by atoms with Gasteiger partial charge in [-0.25, -0.2) is 0 Å². The zero-order chi connectivity index (χ0) is 14.9. The maximum absolute atomic E-state index is 3.72. The Balaban J connectivity index is 4.73. The first-order chi connectivity index (χ1) is 8.92. The lowest BCUT2D eigenvalue weighted by Crippen LogP contribution is -2.73. The van der Waals surface area contributed by atoms with Crippen molar-refractivity contribution in [1.82, 2.24) is 20.9 Å². The van der Waals surface area contributed by atoms with Crippen LogP contribution in [-0.4, -0.2) is 40.9 Å². The molecule has 0 heterocycles. The first-order valence-corrected chi connectivity index (χ1v) is 8.90. The summed E-state index contributed by atoms with van der Waals surface area (Å²) in [5.74, 6) is -0.180. The minimum atomic E-state index is -0.180. The van der Waals surface area contributed by atoms with Crippen LogP contribution in [-0.2, 0) is 0 Å². The highest BCUT2D eigenvalue weighted by Gasteiger charge is 2.29. The van der Waals surface area contributed by atoms with E-state index >= 15 is 0 Å². The van der Waals surface area contributed by atoms with Gasteiger partial charge in [0.15, 0.2) is 0 Å². The van der Waals surface area contributed by atoms with E-state index in [1.54, 1.807) is 0 Å². The van der Waals surface area contributed by atoms with Gasteiger partial charge in [-0.15, -0.1) is 0 Å². The van der Waals surface area contributed by atoms with Gasteiger partial charge in [0.2, 0.25) is 0 Å². The van der Waals surface area contributed by atoms with Crippen molar-refractivity contribution in [1.29, 1.82) is 0 Å². The highest BCUT2D eigenvalue weighted by atomic mass is 28.2. The largest absolute Gasteiger partial charge is 0.316 e. The summed E-state index contributed by atoms with van der Waals surface area (Å²) in [7, 11) is 0.959. The van der Waals surface area contributed by atoms with Crippen molar-refractivity contribution >= 4 is 10.4 Å². The summed E-state index contributed by atoms with van der Waals surface area (Å²) in [6.45, 7) is 14.3. The van der Waals surface area contributed by atoms with E-state index in [-0.39, 0.29) is 5.79 Å². The molecule has 0 aromatic heterocycles. The minimum Gasteiger partial charge on any atom is -0.316 e. The van der Waals surface area contributed by atoms with Crippen LogP contribution in [0.25, 0.3) is 0 Å². The molecule has 0 saturated carbocycles. The van der Waals surface area contributed by atoms with Gasteiger partial charge in [-0.3, -0.25) is 10.6 Å². The van der Waals surface area contributed by atoms with Gasteiger partial charge in [-0.05, 0) is 40.0 Å². The maximum atomic E-state index is 3.72. The fraction of sp³-hybridized carbons (Fsp3) is 1.00. The van der Waals surface area contributed by atoms with Crippen LogP contribution in [0.4, 0.5) is 0 Å². The summed E-state index contributed by atoms with van der Waals surface area (Å²) in [6.07, 6.45) is 3.43. The predicted molar refractivity (Wildman–Crippen MR) is 89.3 cm³/mol. The van der Waals surface area contributed by atoms with Gasteiger partial charge in [0.05, 0.1) is 10.4 Å². The Labute approximate surface area is 123 Å². The lowest BCUT2D eigenvalue weighted by Gasteiger charge is -2.41. The van der Waals surface area contributed by atoms with Gasteiger partial charge >= 0.3 is 0 Å². The Morgan fingerprint density at radius 3 is 1.58 bits per heavy atom. The van der Waals surface area contributed by atoms with Crippen molar-refractivity contribution in [3.05, 3.63) is 0 Å². The van der Waals surface area contributed by atoms with Crippen LogP contribution in [0.3, 0.4) is 0 Å². The van der Waals surface area contributed by atoms with Crippen LogP contribution in [0, 0.1) is 0 Å². The number of hydrogen-bond acceptors (Lipinski definition) is 4. The fourth-order valence-corrected chi connectivity index (χ4v) is 2.36. The molecule has 0 aromatic rings. The first-order valence-electron chi connectivity index (χ1n) is 7.90. The van der Waals surface area contributed by atoms with Crippen LogP contribution in [0.5, 0.6) is 0 Å². The van der Waals surface area contributed by atoms with E-state index in [9.17, 15) is 0 Å². The second kappa shape index (κ2) is 9.88. The average Bonchev–Trinajstić information content (AvgIpc) is 2.43. The lowest BCUT2D eigenvalue weighted by atomic mass is 10.1. The number of rotatable bonds is 11. The quantitative estimate of drug-likeness (QED) is 0.333. The normalized spacial score (nSPS) is 19.9. The Hall–Kier alpha value is 0.0569. The highest BCUT2D eigenvalue weighted by molar-refractivity contribution is 6.04. The van der Waals surface area contributed by atoms with Gasteiger partial charge in [-0.2, -0.15) is 0 Å². The molecule has 3 unspecified atom stereocenters. The zero-order valence-corrected chi connectivity index (χ0v) is 16.1. The smallest absolute Gasteiger partial charge is 0.130 e. The molecule has 19 heavy (non-hydrogen) atoms. The van der Waals surface area contributed by atoms with Gasteiger partial charge < -0.3 is 10.3 Å². The molecule has 0 aromatic carbocycles. The summed E-state index contributed by atoms with van der Waals surface area (Å²) in [4.78, 5) is 3.58. The molecule has 0 fully saturated rings. The molecule has 0 rings (SSSR count). The third kappa shape index (κ3) is 7.42. The van der Waals surface area contributed by atoms with E-state index in [1.807, 2.05) is 0 Å². The SMILES string of the molecule is CCC(C)NCC(N[SiH3])(NC(C)CC)NC(C)CC. The fourth-order valence-electron chi connectivity index (χ4n) is 1.89. The summed E-state index contributed by atoms with van der Waals surface area (Å²) in [5.41, 5.74) is 0. The molecule has 3 atom stereocenters. The molecule has 4 nitrogen and oxygen atoms in total. The van der Waals surface area contributed by atoms with E-state index < -0.39 is 0 Å². The molecule has 4 N–H and O–H groups in total. The van der Waals surface area contributed by atoms with Gasteiger partial charge in [0.25, 0.3) is 0 Å². The molecule has 0 aliphatic rings. The molecular formula is C14H36N4Si. The summed E-state index contributed by atoms with van der Waals surface area (Å²) in [5, 5.41) is 11.1. The first kappa shape index (κ1) is 19.1. The van der Waals surface area contributed by atoms with Crippen molar-refractivity contribution in [2.75, 3.05) is 6.54 Å². The molecule has 0 aliphatic heterocycles. The Bertz CT molecular complexity index is 213. The molecule has 0 spiro atoms. The molecule has 0 bridgehead atoms. The Kier molecular flexibility index (Phi) is 9.91. The van der Waals surface area contributed by atoms with Crippen molar-refractivity contribution < 1.29 is 0 Å². The van der Waals surface area contributed by atoms with Gasteiger partial charge in [0.1, 0.15) is 5.79 Å². The molecular weight excluding hydrogens is 252 g/mol. The predicted octanol–water partition coefficient (Wildman–Crippen LogP) is 0.675. The standard InChI is InChI=1S/C14H36N4Si/c1-7-11(4)15-10-14(18-19,16-12(5)8-2)17-13(6)9-3/h11-13,15-18H,7-10H2,1-6,19H3. The molecule has 0 radical (unpaired) electrons. The van der Waals surface area contributed by atoms with Crippen molar-refractivity contribution in [3.8, 4) is 0 Å². The highest BCUT2D eigenvalue weighted by Crippen LogP contribution is 2.04. The van der Waals surface area contributed by atoms with Crippen LogP contribution in [0.1, 0.15) is 60.8 Å². The van der Waals surface area contributed by atoms with E-state index in [0.29, 0.717) is 18.1 Å².